The summed E-state index contributed by atoms with van der Waals surface area (Å²) < 4.78 is 0. The highest BCUT2D eigenvalue weighted by molar-refractivity contribution is 6.52. The number of aliphatic hydroxyl groups excluding tert-OH is 1. The van der Waals surface area contributed by atoms with Gasteiger partial charge in [-0.1, -0.05) is 113 Å². The molecule has 37 heavy (non-hydrogen) atoms. The molecule has 1 heterocycles. The molecule has 5 rings (SSSR count). The third-order valence-electron chi connectivity index (χ3n) is 7.20. The lowest BCUT2D eigenvalue weighted by Crippen LogP contribution is -2.29. The Morgan fingerprint density at radius 2 is 1.49 bits per heavy atom. The standard InChI is InChI=1S/C33H31NO3/c1-5-21-13-15-24(16-14-21)30(35)28-29(23-17-19-25(20-18-23)33(2,3)4)34(32(37)31(28)36)27-12-8-10-22-9-6-7-11-26(22)27/h6-20,29,35H,5H2,1-4H3/b30-28+. The Bertz CT molecular complexity index is 1520. The number of rotatable bonds is 4. The van der Waals surface area contributed by atoms with Crippen molar-refractivity contribution in [1.82, 2.24) is 0 Å². The minimum Gasteiger partial charge on any atom is -0.507 e. The van der Waals surface area contributed by atoms with Crippen molar-refractivity contribution in [3.8, 4) is 0 Å². The van der Waals surface area contributed by atoms with E-state index < -0.39 is 17.7 Å². The number of hydrogen-bond acceptors (Lipinski definition) is 3. The summed E-state index contributed by atoms with van der Waals surface area (Å²) in [6.07, 6.45) is 0.868. The van der Waals surface area contributed by atoms with E-state index in [0.717, 1.165) is 33.9 Å². The molecule has 4 heteroatoms. The van der Waals surface area contributed by atoms with Crippen LogP contribution >= 0.6 is 0 Å². The van der Waals surface area contributed by atoms with Gasteiger partial charge in [-0.15, -0.1) is 0 Å². The van der Waals surface area contributed by atoms with Crippen LogP contribution in [0.4, 0.5) is 5.69 Å². The number of anilines is 1. The smallest absolute Gasteiger partial charge is 0.300 e. The largest absolute Gasteiger partial charge is 0.507 e. The van der Waals surface area contributed by atoms with Gasteiger partial charge in [-0.05, 0) is 40.0 Å². The zero-order valence-corrected chi connectivity index (χ0v) is 21.7. The summed E-state index contributed by atoms with van der Waals surface area (Å²) in [5.74, 6) is -1.49. The molecule has 0 radical (unpaired) electrons. The first kappa shape index (κ1) is 24.5. The molecule has 4 nitrogen and oxygen atoms in total. The van der Waals surface area contributed by atoms with E-state index in [1.54, 1.807) is 17.0 Å². The highest BCUT2D eigenvalue weighted by Crippen LogP contribution is 2.44. The van der Waals surface area contributed by atoms with Gasteiger partial charge in [0.2, 0.25) is 0 Å². The molecule has 1 amide bonds. The fraction of sp³-hybridized carbons (Fsp3) is 0.212. The molecular formula is C33H31NO3. The normalized spacial score (nSPS) is 17.5. The summed E-state index contributed by atoms with van der Waals surface area (Å²) in [5.41, 5.74) is 4.26. The lowest BCUT2D eigenvalue weighted by molar-refractivity contribution is -0.132. The monoisotopic (exact) mass is 489 g/mol. The number of aliphatic hydroxyl groups is 1. The van der Waals surface area contributed by atoms with Crippen LogP contribution in [0.25, 0.3) is 16.5 Å². The number of carbonyl (C=O) groups is 2. The third kappa shape index (κ3) is 4.33. The second kappa shape index (κ2) is 9.36. The molecule has 0 spiro atoms. The predicted octanol–water partition coefficient (Wildman–Crippen LogP) is 7.33. The Balaban J connectivity index is 1.74. The highest BCUT2D eigenvalue weighted by Gasteiger charge is 2.47. The maximum atomic E-state index is 13.6. The Hall–Kier alpha value is -4.18. The molecule has 4 aromatic rings. The molecule has 0 saturated carbocycles. The number of amides is 1. The van der Waals surface area contributed by atoms with Crippen molar-refractivity contribution >= 4 is 33.9 Å². The van der Waals surface area contributed by atoms with Crippen LogP contribution in [0.3, 0.4) is 0 Å². The van der Waals surface area contributed by atoms with Crippen LogP contribution in [-0.4, -0.2) is 16.8 Å². The van der Waals surface area contributed by atoms with E-state index in [2.05, 4.69) is 27.7 Å². The average Bonchev–Trinajstić information content (AvgIpc) is 3.17. The van der Waals surface area contributed by atoms with Gasteiger partial charge in [-0.2, -0.15) is 0 Å². The molecule has 0 aromatic heterocycles. The van der Waals surface area contributed by atoms with Gasteiger partial charge in [-0.25, -0.2) is 0 Å². The summed E-state index contributed by atoms with van der Waals surface area (Å²) in [7, 11) is 0. The van der Waals surface area contributed by atoms with Crippen molar-refractivity contribution in [2.24, 2.45) is 0 Å². The van der Waals surface area contributed by atoms with Gasteiger partial charge in [0.15, 0.2) is 0 Å². The third-order valence-corrected chi connectivity index (χ3v) is 7.20. The molecule has 1 fully saturated rings. The van der Waals surface area contributed by atoms with E-state index >= 15 is 0 Å². The lowest BCUT2D eigenvalue weighted by Gasteiger charge is -2.27. The highest BCUT2D eigenvalue weighted by atomic mass is 16.3. The van der Waals surface area contributed by atoms with Crippen molar-refractivity contribution in [2.45, 2.75) is 45.6 Å². The molecule has 0 bridgehead atoms. The van der Waals surface area contributed by atoms with Gasteiger partial charge >= 0.3 is 0 Å². The van der Waals surface area contributed by atoms with Gasteiger partial charge in [0, 0.05) is 10.9 Å². The second-order valence-corrected chi connectivity index (χ2v) is 10.6. The molecule has 186 valence electrons. The number of ketones is 1. The molecule has 0 aliphatic carbocycles. The van der Waals surface area contributed by atoms with Crippen molar-refractivity contribution in [3.05, 3.63) is 119 Å². The Labute approximate surface area is 217 Å². The van der Waals surface area contributed by atoms with Crippen molar-refractivity contribution in [1.29, 1.82) is 0 Å². The first-order valence-electron chi connectivity index (χ1n) is 12.7. The van der Waals surface area contributed by atoms with Crippen LogP contribution < -0.4 is 4.90 Å². The number of aryl methyl sites for hydroxylation is 1. The molecule has 4 aromatic carbocycles. The van der Waals surface area contributed by atoms with Gasteiger partial charge in [0.1, 0.15) is 5.76 Å². The molecule has 1 saturated heterocycles. The molecular weight excluding hydrogens is 458 g/mol. The number of nitrogens with zero attached hydrogens (tertiary/aromatic N) is 1. The fourth-order valence-electron chi connectivity index (χ4n) is 5.03. The minimum atomic E-state index is -0.759. The quantitative estimate of drug-likeness (QED) is 0.186. The van der Waals surface area contributed by atoms with Gasteiger partial charge < -0.3 is 5.11 Å². The average molecular weight is 490 g/mol. The van der Waals surface area contributed by atoms with Crippen molar-refractivity contribution in [2.75, 3.05) is 4.90 Å². The molecule has 1 aliphatic rings. The molecule has 1 aliphatic heterocycles. The Kier molecular flexibility index (Phi) is 6.20. The summed E-state index contributed by atoms with van der Waals surface area (Å²) in [4.78, 5) is 28.7. The molecule has 1 unspecified atom stereocenters. The zero-order chi connectivity index (χ0) is 26.3. The zero-order valence-electron chi connectivity index (χ0n) is 21.7. The van der Waals surface area contributed by atoms with E-state index in [-0.39, 0.29) is 16.7 Å². The maximum Gasteiger partial charge on any atom is 0.300 e. The van der Waals surface area contributed by atoms with Gasteiger partial charge in [0.05, 0.1) is 17.3 Å². The Morgan fingerprint density at radius 3 is 2.14 bits per heavy atom. The molecule has 1 atom stereocenters. The van der Waals surface area contributed by atoms with Crippen LogP contribution in [0.15, 0.2) is 96.6 Å². The van der Waals surface area contributed by atoms with Crippen LogP contribution in [-0.2, 0) is 21.4 Å². The van der Waals surface area contributed by atoms with Gasteiger partial charge in [0.25, 0.3) is 11.7 Å². The van der Waals surface area contributed by atoms with Crippen LogP contribution in [0, 0.1) is 0 Å². The van der Waals surface area contributed by atoms with Gasteiger partial charge in [-0.3, -0.25) is 14.5 Å². The van der Waals surface area contributed by atoms with Crippen LogP contribution in [0.1, 0.15) is 56.0 Å². The minimum absolute atomic E-state index is 0.0446. The van der Waals surface area contributed by atoms with Crippen molar-refractivity contribution < 1.29 is 14.7 Å². The number of fused-ring (bicyclic) bond motifs is 1. The van der Waals surface area contributed by atoms with E-state index in [4.69, 9.17) is 0 Å². The Morgan fingerprint density at radius 1 is 0.838 bits per heavy atom. The van der Waals surface area contributed by atoms with Crippen LogP contribution in [0.2, 0.25) is 0 Å². The number of hydrogen-bond donors (Lipinski definition) is 1. The van der Waals surface area contributed by atoms with Crippen LogP contribution in [0.5, 0.6) is 0 Å². The van der Waals surface area contributed by atoms with E-state index in [1.165, 1.54) is 0 Å². The molecule has 1 N–H and O–H groups in total. The topological polar surface area (TPSA) is 57.6 Å². The fourth-order valence-corrected chi connectivity index (χ4v) is 5.03. The predicted molar refractivity (Wildman–Crippen MR) is 150 cm³/mol. The second-order valence-electron chi connectivity index (χ2n) is 10.6. The maximum absolute atomic E-state index is 13.6. The number of benzene rings is 4. The number of Topliss-reactive ketones (excluding diaryl/α,β-unsaturated/α-hetero) is 1. The lowest BCUT2D eigenvalue weighted by atomic mass is 9.85. The van der Waals surface area contributed by atoms with E-state index in [0.29, 0.717) is 11.3 Å². The number of carbonyl (C=O) groups excluding carboxylic acids is 2. The van der Waals surface area contributed by atoms with E-state index in [9.17, 15) is 14.7 Å². The summed E-state index contributed by atoms with van der Waals surface area (Å²) in [6.45, 7) is 8.49. The SMILES string of the molecule is CCc1ccc(/C(O)=C2\C(=O)C(=O)N(c3cccc4ccccc34)C2c2ccc(C(C)(C)C)cc2)cc1. The van der Waals surface area contributed by atoms with E-state index in [1.807, 2.05) is 78.9 Å². The first-order chi connectivity index (χ1) is 17.7. The first-order valence-corrected chi connectivity index (χ1v) is 12.7. The summed E-state index contributed by atoms with van der Waals surface area (Å²) >= 11 is 0. The summed E-state index contributed by atoms with van der Waals surface area (Å²) in [6, 6.07) is 28.3. The van der Waals surface area contributed by atoms with Crippen molar-refractivity contribution in [3.63, 3.8) is 0 Å². The summed E-state index contributed by atoms with van der Waals surface area (Å²) in [5, 5.41) is 13.3.